The van der Waals surface area contributed by atoms with Crippen molar-refractivity contribution in [3.8, 4) is 0 Å². The Hall–Kier alpha value is -1.15. The summed E-state index contributed by atoms with van der Waals surface area (Å²) >= 11 is 0. The van der Waals surface area contributed by atoms with Crippen LogP contribution in [0.4, 0.5) is 0 Å². The van der Waals surface area contributed by atoms with Crippen LogP contribution in [-0.2, 0) is 27.7 Å². The van der Waals surface area contributed by atoms with Crippen LogP contribution in [0.3, 0.4) is 0 Å². The molecule has 1 aromatic carbocycles. The number of carbonyl (C=O) groups is 1. The molecule has 0 radical (unpaired) electrons. The zero-order chi connectivity index (χ0) is 18.4. The second kappa shape index (κ2) is 10.4. The van der Waals surface area contributed by atoms with Gasteiger partial charge in [0.15, 0.2) is 0 Å². The molecule has 1 aliphatic carbocycles. The van der Waals surface area contributed by atoms with E-state index in [0.717, 1.165) is 50.8 Å². The second-order valence-corrected chi connectivity index (χ2v) is 9.05. The summed E-state index contributed by atoms with van der Waals surface area (Å²) in [6.45, 7) is 2.86. The molecule has 1 aromatic rings. The van der Waals surface area contributed by atoms with E-state index in [-0.39, 0.29) is 31.3 Å². The van der Waals surface area contributed by atoms with Gasteiger partial charge in [-0.15, -0.1) is 12.4 Å². The normalized spacial score (nSPS) is 19.2. The molecule has 1 saturated heterocycles. The summed E-state index contributed by atoms with van der Waals surface area (Å²) in [5.41, 5.74) is 2.39. The topological polar surface area (TPSA) is 87.3 Å². The number of aryl methyl sites for hydroxylation is 2. The molecule has 1 fully saturated rings. The summed E-state index contributed by atoms with van der Waals surface area (Å²) in [5.74, 6) is 0.530. The Morgan fingerprint density at radius 2 is 1.93 bits per heavy atom. The van der Waals surface area contributed by atoms with Crippen LogP contribution in [0.25, 0.3) is 0 Å². The van der Waals surface area contributed by atoms with Gasteiger partial charge >= 0.3 is 0 Å². The van der Waals surface area contributed by atoms with E-state index < -0.39 is 10.0 Å². The Kier molecular flexibility index (Phi) is 8.54. The SMILES string of the molecule is Cl.O=C(CCNS(=O)(=O)c1ccc2c(c1)CCCC2)NCCC1CCNC1. The molecule has 0 saturated carbocycles. The highest BCUT2D eigenvalue weighted by atomic mass is 35.5. The van der Waals surface area contributed by atoms with Gasteiger partial charge in [-0.3, -0.25) is 4.79 Å². The molecule has 0 bridgehead atoms. The van der Waals surface area contributed by atoms with E-state index in [9.17, 15) is 13.2 Å². The average Bonchev–Trinajstić information content (AvgIpc) is 3.14. The summed E-state index contributed by atoms with van der Waals surface area (Å²) in [7, 11) is -3.56. The Balaban J connectivity index is 0.00000261. The van der Waals surface area contributed by atoms with Crippen molar-refractivity contribution in [1.29, 1.82) is 0 Å². The molecule has 1 aliphatic heterocycles. The summed E-state index contributed by atoms with van der Waals surface area (Å²) in [5, 5.41) is 6.18. The highest BCUT2D eigenvalue weighted by Gasteiger charge is 2.18. The van der Waals surface area contributed by atoms with Crippen molar-refractivity contribution in [3.63, 3.8) is 0 Å². The van der Waals surface area contributed by atoms with Crippen molar-refractivity contribution in [2.45, 2.75) is 49.8 Å². The van der Waals surface area contributed by atoms with E-state index in [0.29, 0.717) is 17.4 Å². The van der Waals surface area contributed by atoms with Crippen LogP contribution in [0.1, 0.15) is 43.2 Å². The minimum atomic E-state index is -3.56. The Bertz CT molecular complexity index is 734. The van der Waals surface area contributed by atoms with Crippen LogP contribution in [0.2, 0.25) is 0 Å². The van der Waals surface area contributed by atoms with Crippen molar-refractivity contribution in [2.24, 2.45) is 5.92 Å². The van der Waals surface area contributed by atoms with Gasteiger partial charge in [0.05, 0.1) is 4.90 Å². The van der Waals surface area contributed by atoms with Crippen molar-refractivity contribution in [1.82, 2.24) is 15.4 Å². The van der Waals surface area contributed by atoms with Crippen molar-refractivity contribution in [2.75, 3.05) is 26.2 Å². The molecule has 3 rings (SSSR count). The molecule has 8 heteroatoms. The van der Waals surface area contributed by atoms with Gasteiger partial charge < -0.3 is 10.6 Å². The molecule has 6 nitrogen and oxygen atoms in total. The molecule has 0 spiro atoms. The standard InChI is InChI=1S/C19H29N3O3S.ClH/c23-19(21-11-8-15-7-10-20-14-15)9-12-22-26(24,25)18-6-5-16-3-1-2-4-17(16)13-18;/h5-6,13,15,20,22H,1-4,7-12,14H2,(H,21,23);1H. The summed E-state index contributed by atoms with van der Waals surface area (Å²) in [4.78, 5) is 12.2. The number of fused-ring (bicyclic) bond motifs is 1. The van der Waals surface area contributed by atoms with Crippen LogP contribution in [0.15, 0.2) is 23.1 Å². The van der Waals surface area contributed by atoms with Crippen molar-refractivity contribution < 1.29 is 13.2 Å². The van der Waals surface area contributed by atoms with Crippen LogP contribution in [0.5, 0.6) is 0 Å². The average molecular weight is 416 g/mol. The maximum absolute atomic E-state index is 12.4. The van der Waals surface area contributed by atoms with Crippen LogP contribution < -0.4 is 15.4 Å². The number of carbonyl (C=O) groups excluding carboxylic acids is 1. The third-order valence-corrected chi connectivity index (χ3v) is 6.77. The van der Waals surface area contributed by atoms with Crippen LogP contribution in [-0.4, -0.2) is 40.5 Å². The third-order valence-electron chi connectivity index (χ3n) is 5.31. The number of halogens is 1. The molecular weight excluding hydrogens is 386 g/mol. The van der Waals surface area contributed by atoms with Crippen LogP contribution >= 0.6 is 12.4 Å². The predicted molar refractivity (Wildman–Crippen MR) is 109 cm³/mol. The lowest BCUT2D eigenvalue weighted by molar-refractivity contribution is -0.120. The van der Waals surface area contributed by atoms with Gasteiger partial charge in [0.2, 0.25) is 15.9 Å². The van der Waals surface area contributed by atoms with Gasteiger partial charge in [-0.1, -0.05) is 6.07 Å². The Morgan fingerprint density at radius 3 is 2.67 bits per heavy atom. The van der Waals surface area contributed by atoms with E-state index in [1.54, 1.807) is 12.1 Å². The molecule has 1 unspecified atom stereocenters. The van der Waals surface area contributed by atoms with E-state index in [2.05, 4.69) is 15.4 Å². The minimum Gasteiger partial charge on any atom is -0.356 e. The van der Waals surface area contributed by atoms with Gasteiger partial charge in [0.25, 0.3) is 0 Å². The molecule has 27 heavy (non-hydrogen) atoms. The quantitative estimate of drug-likeness (QED) is 0.603. The van der Waals surface area contributed by atoms with Gasteiger partial charge in [-0.25, -0.2) is 13.1 Å². The molecule has 152 valence electrons. The maximum atomic E-state index is 12.4. The van der Waals surface area contributed by atoms with E-state index >= 15 is 0 Å². The monoisotopic (exact) mass is 415 g/mol. The highest BCUT2D eigenvalue weighted by Crippen LogP contribution is 2.24. The summed E-state index contributed by atoms with van der Waals surface area (Å²) < 4.78 is 27.4. The summed E-state index contributed by atoms with van der Waals surface area (Å²) in [6, 6.07) is 5.38. The van der Waals surface area contributed by atoms with Gasteiger partial charge in [-0.05, 0) is 80.8 Å². The number of nitrogens with one attached hydrogen (secondary N) is 3. The Morgan fingerprint density at radius 1 is 1.15 bits per heavy atom. The fraction of sp³-hybridized carbons (Fsp3) is 0.632. The summed E-state index contributed by atoms with van der Waals surface area (Å²) in [6.07, 6.45) is 6.55. The van der Waals surface area contributed by atoms with Crippen LogP contribution in [0, 0.1) is 5.92 Å². The molecule has 1 atom stereocenters. The minimum absolute atomic E-state index is 0. The second-order valence-electron chi connectivity index (χ2n) is 7.28. The largest absolute Gasteiger partial charge is 0.356 e. The number of benzene rings is 1. The number of hydrogen-bond donors (Lipinski definition) is 3. The zero-order valence-corrected chi connectivity index (χ0v) is 17.3. The fourth-order valence-corrected chi connectivity index (χ4v) is 4.81. The van der Waals surface area contributed by atoms with E-state index in [4.69, 9.17) is 0 Å². The van der Waals surface area contributed by atoms with Gasteiger partial charge in [-0.2, -0.15) is 0 Å². The lowest BCUT2D eigenvalue weighted by atomic mass is 9.92. The number of hydrogen-bond acceptors (Lipinski definition) is 4. The predicted octanol–water partition coefficient (Wildman–Crippen LogP) is 1.77. The third kappa shape index (κ3) is 6.45. The molecule has 3 N–H and O–H groups in total. The number of amides is 1. The van der Waals surface area contributed by atoms with E-state index in [1.807, 2.05) is 6.07 Å². The van der Waals surface area contributed by atoms with Crippen molar-refractivity contribution in [3.05, 3.63) is 29.3 Å². The van der Waals surface area contributed by atoms with Gasteiger partial charge in [0.1, 0.15) is 0 Å². The first-order chi connectivity index (χ1) is 12.5. The molecule has 0 aromatic heterocycles. The highest BCUT2D eigenvalue weighted by molar-refractivity contribution is 7.89. The fourth-order valence-electron chi connectivity index (χ4n) is 3.72. The number of sulfonamides is 1. The zero-order valence-electron chi connectivity index (χ0n) is 15.6. The Labute approximate surface area is 168 Å². The first kappa shape index (κ1) is 22.1. The van der Waals surface area contributed by atoms with Gasteiger partial charge in [0, 0.05) is 19.5 Å². The molecule has 1 amide bonds. The molecular formula is C19H30ClN3O3S. The van der Waals surface area contributed by atoms with E-state index in [1.165, 1.54) is 12.0 Å². The lowest BCUT2D eigenvalue weighted by Gasteiger charge is -2.16. The maximum Gasteiger partial charge on any atom is 0.240 e. The smallest absolute Gasteiger partial charge is 0.240 e. The van der Waals surface area contributed by atoms with Crippen molar-refractivity contribution >= 4 is 28.3 Å². The first-order valence-electron chi connectivity index (χ1n) is 9.63. The first-order valence-corrected chi connectivity index (χ1v) is 11.1. The molecule has 2 aliphatic rings. The number of rotatable bonds is 8. The molecule has 1 heterocycles. The lowest BCUT2D eigenvalue weighted by Crippen LogP contribution is -2.32.